The minimum absolute atomic E-state index is 0.0481. The number of hydrogen-bond acceptors (Lipinski definition) is 4. The summed E-state index contributed by atoms with van der Waals surface area (Å²) in [5.74, 6) is 0.359. The van der Waals surface area contributed by atoms with E-state index in [9.17, 15) is 9.59 Å². The second-order valence-electron chi connectivity index (χ2n) is 7.44. The summed E-state index contributed by atoms with van der Waals surface area (Å²) in [5.41, 5.74) is 2.65. The van der Waals surface area contributed by atoms with Gasteiger partial charge in [0, 0.05) is 4.90 Å². The molecule has 1 aliphatic heterocycles. The van der Waals surface area contributed by atoms with E-state index in [1.54, 1.807) is 12.0 Å². The van der Waals surface area contributed by atoms with Gasteiger partial charge in [-0.1, -0.05) is 66.4 Å². The van der Waals surface area contributed by atoms with E-state index in [0.717, 1.165) is 27.5 Å². The molecular formula is C26H24N2O3S. The molecule has 1 atom stereocenters. The SMILES string of the molecule is COc1ccc(/C=C2\Sc3ccccc3N(CC(=O)NC(C)c3ccccc3)C2=O)cc1. The Labute approximate surface area is 192 Å². The number of carbonyl (C=O) groups excluding carboxylic acids is 2. The zero-order valence-corrected chi connectivity index (χ0v) is 18.8. The highest BCUT2D eigenvalue weighted by Crippen LogP contribution is 2.42. The molecule has 5 nitrogen and oxygen atoms in total. The largest absolute Gasteiger partial charge is 0.497 e. The highest BCUT2D eigenvalue weighted by molar-refractivity contribution is 8.04. The number of methoxy groups -OCH3 is 1. The van der Waals surface area contributed by atoms with Crippen molar-refractivity contribution >= 4 is 35.3 Å². The average molecular weight is 445 g/mol. The topological polar surface area (TPSA) is 58.6 Å². The summed E-state index contributed by atoms with van der Waals surface area (Å²) < 4.78 is 5.21. The molecule has 1 N–H and O–H groups in total. The van der Waals surface area contributed by atoms with E-state index >= 15 is 0 Å². The molecule has 0 saturated carbocycles. The summed E-state index contributed by atoms with van der Waals surface area (Å²) >= 11 is 1.42. The number of rotatable bonds is 6. The van der Waals surface area contributed by atoms with Gasteiger partial charge >= 0.3 is 0 Å². The van der Waals surface area contributed by atoms with Gasteiger partial charge in [0.25, 0.3) is 5.91 Å². The van der Waals surface area contributed by atoms with Crippen LogP contribution in [0.3, 0.4) is 0 Å². The Bertz CT molecular complexity index is 1140. The lowest BCUT2D eigenvalue weighted by Gasteiger charge is -2.30. The van der Waals surface area contributed by atoms with Crippen LogP contribution in [0, 0.1) is 0 Å². The normalized spacial score (nSPS) is 15.2. The standard InChI is InChI=1S/C26H24N2O3S/c1-18(20-8-4-3-5-9-20)27-25(29)17-28-22-10-6-7-11-23(22)32-24(26(28)30)16-19-12-14-21(31-2)15-13-19/h3-16,18H,17H2,1-2H3,(H,27,29)/b24-16-. The third kappa shape index (κ3) is 4.86. The maximum Gasteiger partial charge on any atom is 0.265 e. The van der Waals surface area contributed by atoms with Crippen molar-refractivity contribution in [2.24, 2.45) is 0 Å². The van der Waals surface area contributed by atoms with Gasteiger partial charge < -0.3 is 10.1 Å². The second kappa shape index (κ2) is 9.75. The Kier molecular flexibility index (Phi) is 6.61. The van der Waals surface area contributed by atoms with Gasteiger partial charge in [-0.15, -0.1) is 0 Å². The number of thioether (sulfide) groups is 1. The quantitative estimate of drug-likeness (QED) is 0.541. The van der Waals surface area contributed by atoms with Crippen LogP contribution in [0.15, 0.2) is 88.7 Å². The first-order valence-corrected chi connectivity index (χ1v) is 11.2. The van der Waals surface area contributed by atoms with Gasteiger partial charge in [-0.05, 0) is 48.4 Å². The van der Waals surface area contributed by atoms with E-state index in [-0.39, 0.29) is 24.4 Å². The number of benzene rings is 3. The number of nitrogens with one attached hydrogen (secondary N) is 1. The van der Waals surface area contributed by atoms with Gasteiger partial charge in [0.05, 0.1) is 23.7 Å². The molecule has 4 rings (SSSR count). The Morgan fingerprint density at radius 2 is 1.72 bits per heavy atom. The smallest absolute Gasteiger partial charge is 0.265 e. The fourth-order valence-electron chi connectivity index (χ4n) is 3.53. The number of anilines is 1. The van der Waals surface area contributed by atoms with Crippen LogP contribution in [0.25, 0.3) is 6.08 Å². The summed E-state index contributed by atoms with van der Waals surface area (Å²) in [6, 6.07) is 24.8. The summed E-state index contributed by atoms with van der Waals surface area (Å²) in [6.45, 7) is 1.89. The van der Waals surface area contributed by atoms with Crippen molar-refractivity contribution in [2.45, 2.75) is 17.9 Å². The van der Waals surface area contributed by atoms with E-state index in [2.05, 4.69) is 5.32 Å². The van der Waals surface area contributed by atoms with Crippen LogP contribution in [0.4, 0.5) is 5.69 Å². The second-order valence-corrected chi connectivity index (χ2v) is 8.53. The molecule has 0 radical (unpaired) electrons. The van der Waals surface area contributed by atoms with E-state index in [1.807, 2.05) is 91.9 Å². The number of hydrogen-bond donors (Lipinski definition) is 1. The zero-order chi connectivity index (χ0) is 22.5. The molecule has 0 aromatic heterocycles. The molecule has 0 aliphatic carbocycles. The van der Waals surface area contributed by atoms with Gasteiger partial charge in [0.2, 0.25) is 5.91 Å². The molecule has 32 heavy (non-hydrogen) atoms. The summed E-state index contributed by atoms with van der Waals surface area (Å²) in [6.07, 6.45) is 1.85. The van der Waals surface area contributed by atoms with Crippen LogP contribution in [0.5, 0.6) is 5.75 Å². The fraction of sp³-hybridized carbons (Fsp3) is 0.154. The number of para-hydroxylation sites is 1. The molecule has 0 bridgehead atoms. The molecular weight excluding hydrogens is 420 g/mol. The lowest BCUT2D eigenvalue weighted by molar-refractivity contribution is -0.122. The van der Waals surface area contributed by atoms with Crippen molar-refractivity contribution in [3.8, 4) is 5.75 Å². The van der Waals surface area contributed by atoms with Crippen LogP contribution in [0.1, 0.15) is 24.1 Å². The maximum atomic E-state index is 13.3. The molecule has 6 heteroatoms. The van der Waals surface area contributed by atoms with Crippen molar-refractivity contribution < 1.29 is 14.3 Å². The monoisotopic (exact) mass is 444 g/mol. The van der Waals surface area contributed by atoms with Crippen LogP contribution in [-0.2, 0) is 9.59 Å². The van der Waals surface area contributed by atoms with Crippen LogP contribution in [-0.4, -0.2) is 25.5 Å². The molecule has 162 valence electrons. The number of ether oxygens (including phenoxy) is 1. The molecule has 3 aromatic rings. The molecule has 1 unspecified atom stereocenters. The van der Waals surface area contributed by atoms with Gasteiger partial charge in [-0.3, -0.25) is 14.5 Å². The molecule has 3 aromatic carbocycles. The minimum Gasteiger partial charge on any atom is -0.497 e. The Morgan fingerprint density at radius 1 is 1.03 bits per heavy atom. The molecule has 2 amide bonds. The van der Waals surface area contributed by atoms with Gasteiger partial charge in [0.1, 0.15) is 12.3 Å². The molecule has 1 heterocycles. The van der Waals surface area contributed by atoms with Crippen molar-refractivity contribution in [3.63, 3.8) is 0 Å². The Morgan fingerprint density at radius 3 is 2.44 bits per heavy atom. The van der Waals surface area contributed by atoms with Gasteiger partial charge in [-0.2, -0.15) is 0 Å². The number of fused-ring (bicyclic) bond motifs is 1. The maximum absolute atomic E-state index is 13.3. The lowest BCUT2D eigenvalue weighted by atomic mass is 10.1. The first-order valence-electron chi connectivity index (χ1n) is 10.3. The van der Waals surface area contributed by atoms with Crippen LogP contribution >= 0.6 is 11.8 Å². The highest BCUT2D eigenvalue weighted by atomic mass is 32.2. The molecule has 0 fully saturated rings. The van der Waals surface area contributed by atoms with Crippen molar-refractivity contribution in [1.29, 1.82) is 0 Å². The predicted molar refractivity (Wildman–Crippen MR) is 129 cm³/mol. The molecule has 0 spiro atoms. The minimum atomic E-state index is -0.208. The van der Waals surface area contributed by atoms with E-state index in [4.69, 9.17) is 4.74 Å². The Hall–Kier alpha value is -3.51. The third-order valence-corrected chi connectivity index (χ3v) is 6.30. The summed E-state index contributed by atoms with van der Waals surface area (Å²) in [4.78, 5) is 29.2. The number of carbonyl (C=O) groups is 2. The first kappa shape index (κ1) is 21.7. The highest BCUT2D eigenvalue weighted by Gasteiger charge is 2.30. The number of amides is 2. The van der Waals surface area contributed by atoms with Crippen molar-refractivity contribution in [1.82, 2.24) is 5.32 Å². The van der Waals surface area contributed by atoms with E-state index < -0.39 is 0 Å². The van der Waals surface area contributed by atoms with E-state index in [0.29, 0.717) is 4.91 Å². The average Bonchev–Trinajstić information content (AvgIpc) is 2.82. The van der Waals surface area contributed by atoms with Crippen molar-refractivity contribution in [3.05, 3.63) is 94.9 Å². The van der Waals surface area contributed by atoms with Crippen LogP contribution < -0.4 is 15.0 Å². The number of nitrogens with zero attached hydrogens (tertiary/aromatic N) is 1. The van der Waals surface area contributed by atoms with Crippen molar-refractivity contribution in [2.75, 3.05) is 18.6 Å². The van der Waals surface area contributed by atoms with Crippen LogP contribution in [0.2, 0.25) is 0 Å². The van der Waals surface area contributed by atoms with E-state index in [1.165, 1.54) is 11.8 Å². The zero-order valence-electron chi connectivity index (χ0n) is 17.9. The van der Waals surface area contributed by atoms with Gasteiger partial charge in [0.15, 0.2) is 0 Å². The van der Waals surface area contributed by atoms with Gasteiger partial charge in [-0.25, -0.2) is 0 Å². The fourth-order valence-corrected chi connectivity index (χ4v) is 4.59. The summed E-state index contributed by atoms with van der Waals surface area (Å²) in [5, 5.41) is 3.00. The predicted octanol–water partition coefficient (Wildman–Crippen LogP) is 5.05. The first-order chi connectivity index (χ1) is 15.5. The lowest BCUT2D eigenvalue weighted by Crippen LogP contribution is -2.43. The Balaban J connectivity index is 1.56. The molecule has 0 saturated heterocycles. The third-order valence-electron chi connectivity index (χ3n) is 5.22. The summed E-state index contributed by atoms with van der Waals surface area (Å²) in [7, 11) is 1.62. The molecule has 1 aliphatic rings.